The summed E-state index contributed by atoms with van der Waals surface area (Å²) in [7, 11) is 0. The molecule has 0 saturated carbocycles. The van der Waals surface area contributed by atoms with Crippen molar-refractivity contribution in [1.29, 1.82) is 0 Å². The van der Waals surface area contributed by atoms with Gasteiger partial charge in [0.1, 0.15) is 11.4 Å². The number of nitrogens with two attached hydrogens (primary N) is 1. The summed E-state index contributed by atoms with van der Waals surface area (Å²) in [4.78, 5) is 0. The molecular weight excluding hydrogens is 238 g/mol. The SMILES string of the molecule is CC(N)Cc1ccc(O)c(/N=N/c2ccccc2)c1. The Morgan fingerprint density at radius 3 is 2.53 bits per heavy atom. The van der Waals surface area contributed by atoms with Gasteiger partial charge in [0.15, 0.2) is 0 Å². The van der Waals surface area contributed by atoms with E-state index in [0.29, 0.717) is 5.69 Å². The Bertz CT molecular complexity index is 565. The molecule has 0 spiro atoms. The number of rotatable bonds is 4. The highest BCUT2D eigenvalue weighted by molar-refractivity contribution is 5.53. The summed E-state index contributed by atoms with van der Waals surface area (Å²) in [6, 6.07) is 14.8. The van der Waals surface area contributed by atoms with E-state index in [1.54, 1.807) is 6.07 Å². The van der Waals surface area contributed by atoms with Gasteiger partial charge in [-0.1, -0.05) is 24.3 Å². The minimum Gasteiger partial charge on any atom is -0.506 e. The van der Waals surface area contributed by atoms with Crippen molar-refractivity contribution in [3.8, 4) is 5.75 Å². The van der Waals surface area contributed by atoms with Crippen LogP contribution in [0, 0.1) is 0 Å². The first-order valence-corrected chi connectivity index (χ1v) is 6.19. The van der Waals surface area contributed by atoms with E-state index in [1.807, 2.05) is 49.4 Å². The lowest BCUT2D eigenvalue weighted by molar-refractivity contribution is 0.476. The lowest BCUT2D eigenvalue weighted by atomic mass is 10.1. The Hall–Kier alpha value is -2.20. The quantitative estimate of drug-likeness (QED) is 0.818. The van der Waals surface area contributed by atoms with Crippen molar-refractivity contribution in [2.75, 3.05) is 0 Å². The molecule has 2 rings (SSSR count). The normalized spacial score (nSPS) is 12.7. The van der Waals surface area contributed by atoms with E-state index in [4.69, 9.17) is 5.73 Å². The fraction of sp³-hybridized carbons (Fsp3) is 0.200. The van der Waals surface area contributed by atoms with Crippen molar-refractivity contribution < 1.29 is 5.11 Å². The maximum Gasteiger partial charge on any atom is 0.143 e. The third kappa shape index (κ3) is 3.89. The maximum atomic E-state index is 9.76. The van der Waals surface area contributed by atoms with Crippen LogP contribution in [0.2, 0.25) is 0 Å². The van der Waals surface area contributed by atoms with Crippen molar-refractivity contribution >= 4 is 11.4 Å². The Labute approximate surface area is 112 Å². The molecule has 1 atom stereocenters. The lowest BCUT2D eigenvalue weighted by Crippen LogP contribution is -2.17. The number of azo groups is 1. The van der Waals surface area contributed by atoms with Crippen LogP contribution in [0.1, 0.15) is 12.5 Å². The number of phenols is 1. The predicted octanol–water partition coefficient (Wildman–Crippen LogP) is 3.70. The Kier molecular flexibility index (Phi) is 4.26. The Balaban J connectivity index is 2.22. The highest BCUT2D eigenvalue weighted by atomic mass is 16.3. The number of nitrogens with zero attached hydrogens (tertiary/aromatic N) is 2. The van der Waals surface area contributed by atoms with Crippen LogP contribution in [-0.4, -0.2) is 11.1 Å². The van der Waals surface area contributed by atoms with E-state index in [2.05, 4.69) is 10.2 Å². The molecule has 98 valence electrons. The second kappa shape index (κ2) is 6.11. The highest BCUT2D eigenvalue weighted by Crippen LogP contribution is 2.29. The largest absolute Gasteiger partial charge is 0.506 e. The lowest BCUT2D eigenvalue weighted by Gasteiger charge is -2.06. The van der Waals surface area contributed by atoms with Crippen LogP contribution in [0.5, 0.6) is 5.75 Å². The average molecular weight is 255 g/mol. The number of benzene rings is 2. The van der Waals surface area contributed by atoms with Crippen molar-refractivity contribution in [2.24, 2.45) is 16.0 Å². The highest BCUT2D eigenvalue weighted by Gasteiger charge is 2.04. The fourth-order valence-electron chi connectivity index (χ4n) is 1.75. The number of aromatic hydroxyl groups is 1. The molecule has 0 aliphatic heterocycles. The topological polar surface area (TPSA) is 71.0 Å². The summed E-state index contributed by atoms with van der Waals surface area (Å²) >= 11 is 0. The zero-order chi connectivity index (χ0) is 13.7. The first-order chi connectivity index (χ1) is 9.15. The summed E-state index contributed by atoms with van der Waals surface area (Å²) in [6.07, 6.45) is 0.744. The maximum absolute atomic E-state index is 9.76. The smallest absolute Gasteiger partial charge is 0.143 e. The predicted molar refractivity (Wildman–Crippen MR) is 76.1 cm³/mol. The minimum atomic E-state index is 0.0726. The molecule has 0 aromatic heterocycles. The van der Waals surface area contributed by atoms with Gasteiger partial charge in [-0.2, -0.15) is 5.11 Å². The van der Waals surface area contributed by atoms with Crippen molar-refractivity contribution in [3.63, 3.8) is 0 Å². The van der Waals surface area contributed by atoms with Gasteiger partial charge in [0.05, 0.1) is 5.69 Å². The van der Waals surface area contributed by atoms with E-state index in [9.17, 15) is 5.11 Å². The van der Waals surface area contributed by atoms with Gasteiger partial charge < -0.3 is 10.8 Å². The minimum absolute atomic E-state index is 0.0726. The molecule has 3 N–H and O–H groups in total. The van der Waals surface area contributed by atoms with E-state index < -0.39 is 0 Å². The monoisotopic (exact) mass is 255 g/mol. The van der Waals surface area contributed by atoms with Gasteiger partial charge in [0, 0.05) is 6.04 Å². The molecule has 2 aromatic rings. The Morgan fingerprint density at radius 1 is 1.11 bits per heavy atom. The molecule has 0 radical (unpaired) electrons. The van der Waals surface area contributed by atoms with Crippen LogP contribution >= 0.6 is 0 Å². The van der Waals surface area contributed by atoms with Crippen LogP contribution in [0.15, 0.2) is 58.8 Å². The van der Waals surface area contributed by atoms with Crippen LogP contribution in [0.4, 0.5) is 11.4 Å². The summed E-state index contributed by atoms with van der Waals surface area (Å²) in [5, 5.41) is 17.9. The van der Waals surface area contributed by atoms with E-state index in [0.717, 1.165) is 17.7 Å². The fourth-order valence-corrected chi connectivity index (χ4v) is 1.75. The molecule has 4 heteroatoms. The average Bonchev–Trinajstić information content (AvgIpc) is 2.40. The van der Waals surface area contributed by atoms with Crippen LogP contribution in [-0.2, 0) is 6.42 Å². The van der Waals surface area contributed by atoms with Gasteiger partial charge in [-0.05, 0) is 43.2 Å². The zero-order valence-corrected chi connectivity index (χ0v) is 10.8. The molecule has 19 heavy (non-hydrogen) atoms. The molecule has 0 heterocycles. The van der Waals surface area contributed by atoms with Gasteiger partial charge in [0.25, 0.3) is 0 Å². The summed E-state index contributed by atoms with van der Waals surface area (Å²) in [6.45, 7) is 1.94. The van der Waals surface area contributed by atoms with Crippen molar-refractivity contribution in [2.45, 2.75) is 19.4 Å². The van der Waals surface area contributed by atoms with E-state index in [1.165, 1.54) is 0 Å². The summed E-state index contributed by atoms with van der Waals surface area (Å²) in [5.41, 5.74) is 8.01. The van der Waals surface area contributed by atoms with Crippen LogP contribution in [0.25, 0.3) is 0 Å². The second-order valence-corrected chi connectivity index (χ2v) is 4.54. The van der Waals surface area contributed by atoms with E-state index in [-0.39, 0.29) is 11.8 Å². The molecule has 0 aliphatic rings. The second-order valence-electron chi connectivity index (χ2n) is 4.54. The molecule has 4 nitrogen and oxygen atoms in total. The van der Waals surface area contributed by atoms with Gasteiger partial charge in [0.2, 0.25) is 0 Å². The molecule has 0 aliphatic carbocycles. The van der Waals surface area contributed by atoms with Gasteiger partial charge in [-0.3, -0.25) is 0 Å². The summed E-state index contributed by atoms with van der Waals surface area (Å²) < 4.78 is 0. The molecule has 2 aromatic carbocycles. The third-order valence-corrected chi connectivity index (χ3v) is 2.63. The standard InChI is InChI=1S/C15H17N3O/c1-11(16)9-12-7-8-15(19)14(10-12)18-17-13-5-3-2-4-6-13/h2-8,10-11,19H,9,16H2,1H3/b18-17+. The molecule has 1 unspecified atom stereocenters. The summed E-state index contributed by atoms with van der Waals surface area (Å²) in [5.74, 6) is 0.119. The number of phenolic OH excluding ortho intramolecular Hbond substituents is 1. The van der Waals surface area contributed by atoms with Gasteiger partial charge >= 0.3 is 0 Å². The number of hydrogen-bond donors (Lipinski definition) is 2. The Morgan fingerprint density at radius 2 is 1.84 bits per heavy atom. The third-order valence-electron chi connectivity index (χ3n) is 2.63. The molecule has 0 fully saturated rings. The molecule has 0 amide bonds. The van der Waals surface area contributed by atoms with Gasteiger partial charge in [-0.25, -0.2) is 0 Å². The molecule has 0 saturated heterocycles. The van der Waals surface area contributed by atoms with Crippen LogP contribution in [0.3, 0.4) is 0 Å². The van der Waals surface area contributed by atoms with Crippen molar-refractivity contribution in [3.05, 3.63) is 54.1 Å². The van der Waals surface area contributed by atoms with Crippen molar-refractivity contribution in [1.82, 2.24) is 0 Å². The first-order valence-electron chi connectivity index (χ1n) is 6.19. The molecular formula is C15H17N3O. The van der Waals surface area contributed by atoms with Crippen LogP contribution < -0.4 is 5.73 Å². The zero-order valence-electron chi connectivity index (χ0n) is 10.8. The first kappa shape index (κ1) is 13.2. The number of hydrogen-bond acceptors (Lipinski definition) is 4. The van der Waals surface area contributed by atoms with E-state index >= 15 is 0 Å². The molecule has 0 bridgehead atoms. The van der Waals surface area contributed by atoms with Gasteiger partial charge in [-0.15, -0.1) is 5.11 Å².